The minimum atomic E-state index is -4.77. The molecule has 1 aliphatic heterocycles. The van der Waals surface area contributed by atoms with Gasteiger partial charge in [0.15, 0.2) is 17.8 Å². The third-order valence-electron chi connectivity index (χ3n) is 5.97. The van der Waals surface area contributed by atoms with E-state index in [4.69, 9.17) is 5.26 Å². The molecular weight excluding hydrogens is 511 g/mol. The Morgan fingerprint density at radius 2 is 2.05 bits per heavy atom. The normalized spacial score (nSPS) is 15.3. The predicted molar refractivity (Wildman–Crippen MR) is 139 cm³/mol. The summed E-state index contributed by atoms with van der Waals surface area (Å²) < 4.78 is 42.7. The van der Waals surface area contributed by atoms with Crippen LogP contribution in [-0.2, 0) is 13.5 Å². The standard InChI is InChI=1S/C18H19F3N2O2.C6H10N2.C3H5N3/c1-4-11(3)16(24)15-12(5-2)10-22-17(23-15)13-7-6-8-14(9-13)25-18(19,20)21;1-6-2-3-8(4-6)5-7;1-6-3-2-4-5-6/h6-11H,4-5H2,1-3H3;6H,2-4H2,1H3;2-3H,1H3. The van der Waals surface area contributed by atoms with Crippen LogP contribution >= 0.6 is 0 Å². The summed E-state index contributed by atoms with van der Waals surface area (Å²) in [5.74, 6) is 0.285. The zero-order valence-electron chi connectivity index (χ0n) is 22.8. The number of Topliss-reactive ketones (excluding diaryl/α,β-unsaturated/α-hetero) is 1. The highest BCUT2D eigenvalue weighted by Gasteiger charge is 2.31. The molecule has 0 radical (unpaired) electrons. The second-order valence-electron chi connectivity index (χ2n) is 9.19. The van der Waals surface area contributed by atoms with Crippen molar-refractivity contribution in [2.45, 2.75) is 53.3 Å². The Hall–Kier alpha value is -4.01. The van der Waals surface area contributed by atoms with E-state index in [2.05, 4.69) is 38.1 Å². The number of hydrogen-bond acceptors (Lipinski definition) is 8. The van der Waals surface area contributed by atoms with E-state index in [0.717, 1.165) is 24.6 Å². The molecule has 0 N–H and O–H groups in total. The topological polar surface area (TPSA) is 110 Å². The van der Waals surface area contributed by atoms with E-state index in [1.165, 1.54) is 24.6 Å². The van der Waals surface area contributed by atoms with Crippen molar-refractivity contribution in [2.24, 2.45) is 18.9 Å². The number of likely N-dealkylation sites (tertiary alicyclic amines) is 1. The van der Waals surface area contributed by atoms with Gasteiger partial charge >= 0.3 is 6.36 Å². The Morgan fingerprint density at radius 3 is 2.51 bits per heavy atom. The van der Waals surface area contributed by atoms with Crippen LogP contribution in [0, 0.1) is 23.3 Å². The highest BCUT2D eigenvalue weighted by Crippen LogP contribution is 2.27. The summed E-state index contributed by atoms with van der Waals surface area (Å²) in [5.41, 5.74) is 1.39. The molecular formula is C27H34F3N7O2. The minimum Gasteiger partial charge on any atom is -0.406 e. The van der Waals surface area contributed by atoms with E-state index in [0.29, 0.717) is 24.1 Å². The van der Waals surface area contributed by atoms with Crippen LogP contribution in [0.1, 0.15) is 56.6 Å². The lowest BCUT2D eigenvalue weighted by atomic mass is 9.97. The number of nitriles is 1. The van der Waals surface area contributed by atoms with Gasteiger partial charge in [0, 0.05) is 44.0 Å². The fraction of sp³-hybridized carbons (Fsp3) is 0.481. The van der Waals surface area contributed by atoms with E-state index in [1.54, 1.807) is 29.3 Å². The van der Waals surface area contributed by atoms with Crippen LogP contribution in [0.25, 0.3) is 11.4 Å². The Kier molecular flexibility index (Phi) is 11.8. The summed E-state index contributed by atoms with van der Waals surface area (Å²) in [4.78, 5) is 22.8. The number of aromatic nitrogens is 5. The van der Waals surface area contributed by atoms with Crippen molar-refractivity contribution in [3.63, 3.8) is 0 Å². The molecule has 0 spiro atoms. The molecule has 1 fully saturated rings. The van der Waals surface area contributed by atoms with Crippen LogP contribution in [0.5, 0.6) is 5.75 Å². The molecule has 0 amide bonds. The predicted octanol–water partition coefficient (Wildman–Crippen LogP) is 5.46. The van der Waals surface area contributed by atoms with E-state index >= 15 is 0 Å². The van der Waals surface area contributed by atoms with Crippen molar-refractivity contribution in [2.75, 3.05) is 13.1 Å². The van der Waals surface area contributed by atoms with Crippen molar-refractivity contribution < 1.29 is 22.7 Å². The number of aryl methyl sites for hydroxylation is 2. The van der Waals surface area contributed by atoms with Crippen molar-refractivity contribution in [3.05, 3.63) is 54.1 Å². The van der Waals surface area contributed by atoms with Crippen LogP contribution in [0.2, 0.25) is 0 Å². The maximum absolute atomic E-state index is 12.5. The summed E-state index contributed by atoms with van der Waals surface area (Å²) in [7, 11) is 1.83. The molecule has 3 aromatic rings. The minimum absolute atomic E-state index is 0.0919. The number of alkyl halides is 3. The molecule has 210 valence electrons. The van der Waals surface area contributed by atoms with Crippen LogP contribution < -0.4 is 4.74 Å². The number of ether oxygens (including phenoxy) is 1. The van der Waals surface area contributed by atoms with E-state index in [-0.39, 0.29) is 23.3 Å². The van der Waals surface area contributed by atoms with Crippen molar-refractivity contribution in [1.82, 2.24) is 29.9 Å². The van der Waals surface area contributed by atoms with Gasteiger partial charge in [-0.15, -0.1) is 18.3 Å². The number of ketones is 1. The number of halogens is 3. The first-order chi connectivity index (χ1) is 18.5. The van der Waals surface area contributed by atoms with E-state index in [9.17, 15) is 18.0 Å². The number of carbonyl (C=O) groups excluding carboxylic acids is 1. The van der Waals surface area contributed by atoms with Gasteiger partial charge in [0.1, 0.15) is 11.4 Å². The van der Waals surface area contributed by atoms with Gasteiger partial charge in [0.25, 0.3) is 0 Å². The average molecular weight is 546 g/mol. The number of hydrogen-bond donors (Lipinski definition) is 0. The first-order valence-electron chi connectivity index (χ1n) is 12.7. The molecule has 0 saturated carbocycles. The third-order valence-corrected chi connectivity index (χ3v) is 5.97. The van der Waals surface area contributed by atoms with Crippen LogP contribution in [0.3, 0.4) is 0 Å². The summed E-state index contributed by atoms with van der Waals surface area (Å²) in [6, 6.07) is 5.39. The maximum atomic E-state index is 12.5. The SMILES string of the molecule is CC1CCN(C#N)C1.CCc1cnc(-c2cccc(OC(F)(F)F)c2)nc1C(=O)C(C)CC.Cn1ccnn1. The molecule has 1 saturated heterocycles. The van der Waals surface area contributed by atoms with Gasteiger partial charge in [-0.1, -0.05) is 45.0 Å². The molecule has 12 heteroatoms. The number of rotatable bonds is 6. The van der Waals surface area contributed by atoms with Gasteiger partial charge < -0.3 is 9.64 Å². The molecule has 2 unspecified atom stereocenters. The first-order valence-corrected chi connectivity index (χ1v) is 12.7. The molecule has 4 rings (SSSR count). The fourth-order valence-corrected chi connectivity index (χ4v) is 3.56. The summed E-state index contributed by atoms with van der Waals surface area (Å²) in [6.45, 7) is 9.74. The number of nitrogens with zero attached hydrogens (tertiary/aromatic N) is 7. The number of carbonyl (C=O) groups is 1. The molecule has 1 aliphatic rings. The molecule has 1 aromatic carbocycles. The van der Waals surface area contributed by atoms with Gasteiger partial charge in [-0.25, -0.2) is 9.97 Å². The van der Waals surface area contributed by atoms with Gasteiger partial charge in [-0.3, -0.25) is 9.48 Å². The molecule has 0 bridgehead atoms. The summed E-state index contributed by atoms with van der Waals surface area (Å²) in [5, 5.41) is 15.5. The van der Waals surface area contributed by atoms with E-state index < -0.39 is 6.36 Å². The summed E-state index contributed by atoms with van der Waals surface area (Å²) >= 11 is 0. The summed E-state index contributed by atoms with van der Waals surface area (Å²) in [6.07, 6.45) is 4.78. The Balaban J connectivity index is 0.000000306. The molecule has 9 nitrogen and oxygen atoms in total. The van der Waals surface area contributed by atoms with Crippen LogP contribution in [0.4, 0.5) is 13.2 Å². The van der Waals surface area contributed by atoms with Crippen LogP contribution in [-0.4, -0.2) is 55.1 Å². The lowest BCUT2D eigenvalue weighted by Crippen LogP contribution is -2.17. The highest BCUT2D eigenvalue weighted by molar-refractivity contribution is 5.97. The molecule has 0 aliphatic carbocycles. The molecule has 3 heterocycles. The molecule has 2 aromatic heterocycles. The largest absolute Gasteiger partial charge is 0.573 e. The molecule has 2 atom stereocenters. The second-order valence-corrected chi connectivity index (χ2v) is 9.19. The van der Waals surface area contributed by atoms with Crippen LogP contribution in [0.15, 0.2) is 42.9 Å². The monoisotopic (exact) mass is 545 g/mol. The second kappa shape index (κ2) is 14.8. The quantitative estimate of drug-likeness (QED) is 0.297. The third kappa shape index (κ3) is 10.3. The van der Waals surface area contributed by atoms with Gasteiger partial charge in [-0.05, 0) is 42.9 Å². The molecule has 39 heavy (non-hydrogen) atoms. The number of benzene rings is 1. The van der Waals surface area contributed by atoms with Crippen molar-refractivity contribution in [3.8, 4) is 23.3 Å². The highest BCUT2D eigenvalue weighted by atomic mass is 19.4. The smallest absolute Gasteiger partial charge is 0.406 e. The average Bonchev–Trinajstić information content (AvgIpc) is 3.57. The van der Waals surface area contributed by atoms with Gasteiger partial charge in [0.05, 0.1) is 6.20 Å². The maximum Gasteiger partial charge on any atom is 0.573 e. The van der Waals surface area contributed by atoms with Gasteiger partial charge in [0.2, 0.25) is 0 Å². The van der Waals surface area contributed by atoms with Crippen molar-refractivity contribution >= 4 is 5.78 Å². The van der Waals surface area contributed by atoms with Gasteiger partial charge in [-0.2, -0.15) is 5.26 Å². The van der Waals surface area contributed by atoms with Crippen molar-refractivity contribution in [1.29, 1.82) is 5.26 Å². The fourth-order valence-electron chi connectivity index (χ4n) is 3.56. The Bertz CT molecular complexity index is 1230. The van der Waals surface area contributed by atoms with E-state index in [1.807, 2.05) is 32.7 Å². The Morgan fingerprint density at radius 1 is 1.31 bits per heavy atom. The zero-order valence-corrected chi connectivity index (χ0v) is 22.8. The Labute approximate surface area is 226 Å². The lowest BCUT2D eigenvalue weighted by molar-refractivity contribution is -0.274. The lowest BCUT2D eigenvalue weighted by Gasteiger charge is -2.13. The zero-order chi connectivity index (χ0) is 29.0. The first kappa shape index (κ1) is 31.2.